The molecular weight excluding hydrogens is 747 g/mol. The Labute approximate surface area is 357 Å². The molecule has 2 heterocycles. The Hall–Kier alpha value is -2.72. The summed E-state index contributed by atoms with van der Waals surface area (Å²) in [5.41, 5.74) is 1.36. The lowest BCUT2D eigenvalue weighted by Crippen LogP contribution is -2.35. The first-order valence-corrected chi connectivity index (χ1v) is 24.4. The van der Waals surface area contributed by atoms with Crippen molar-refractivity contribution in [2.45, 2.75) is 207 Å². The molecule has 0 fully saturated rings. The van der Waals surface area contributed by atoms with Crippen molar-refractivity contribution >= 4 is 40.1 Å². The summed E-state index contributed by atoms with van der Waals surface area (Å²) in [5.74, 6) is -0.503. The first-order valence-electron chi connectivity index (χ1n) is 23.6. The predicted molar refractivity (Wildman–Crippen MR) is 242 cm³/mol. The molecule has 2 rings (SSSR count). The van der Waals surface area contributed by atoms with Crippen LogP contribution in [0.1, 0.15) is 214 Å². The predicted octanol–water partition coefficient (Wildman–Crippen LogP) is 12.4. The second-order valence-corrected chi connectivity index (χ2v) is 17.8. The van der Waals surface area contributed by atoms with Crippen molar-refractivity contribution in [3.63, 3.8) is 0 Å². The summed E-state index contributed by atoms with van der Waals surface area (Å²) in [5, 5.41) is 3.56. The molecule has 0 aromatic carbocycles. The topological polar surface area (TPSA) is 105 Å². The van der Waals surface area contributed by atoms with E-state index in [0.29, 0.717) is 69.0 Å². The summed E-state index contributed by atoms with van der Waals surface area (Å²) in [4.78, 5) is 56.8. The van der Waals surface area contributed by atoms with E-state index < -0.39 is 5.97 Å². The number of carbonyl (C=O) groups is 4. The number of anilines is 1. The number of carbonyl (C=O) groups excluding carboxylic acids is 4. The molecule has 10 heteroatoms. The van der Waals surface area contributed by atoms with Gasteiger partial charge in [0.2, 0.25) is 11.8 Å². The number of allylic oxidation sites excluding steroid dienone is 2. The molecule has 9 nitrogen and oxygen atoms in total. The molecular formula is C48H83N3O6S. The number of hydrogen-bond donors (Lipinski definition) is 1. The lowest BCUT2D eigenvalue weighted by Gasteiger charge is -2.27. The van der Waals surface area contributed by atoms with Crippen molar-refractivity contribution in [3.05, 3.63) is 28.2 Å². The molecule has 2 amide bonds. The van der Waals surface area contributed by atoms with Crippen LogP contribution in [0, 0.1) is 0 Å². The first kappa shape index (κ1) is 51.4. The molecule has 1 aromatic heterocycles. The number of unbranched alkanes of at least 4 members (excludes halogenated alkanes) is 20. The van der Waals surface area contributed by atoms with Crippen molar-refractivity contribution in [2.75, 3.05) is 45.7 Å². The van der Waals surface area contributed by atoms with Crippen molar-refractivity contribution in [1.29, 1.82) is 0 Å². The second-order valence-electron chi connectivity index (χ2n) is 16.7. The highest BCUT2D eigenvalue weighted by atomic mass is 32.1. The van der Waals surface area contributed by atoms with Crippen LogP contribution < -0.4 is 5.32 Å². The van der Waals surface area contributed by atoms with Gasteiger partial charge in [-0.2, -0.15) is 0 Å². The summed E-state index contributed by atoms with van der Waals surface area (Å²) in [6.07, 6.45) is 34.8. The average Bonchev–Trinajstić information content (AvgIpc) is 3.57. The van der Waals surface area contributed by atoms with Crippen LogP contribution in [0.15, 0.2) is 12.2 Å². The van der Waals surface area contributed by atoms with Gasteiger partial charge < -0.3 is 24.6 Å². The Morgan fingerprint density at radius 1 is 0.655 bits per heavy atom. The first-order chi connectivity index (χ1) is 28.3. The minimum atomic E-state index is -0.404. The highest BCUT2D eigenvalue weighted by Crippen LogP contribution is 2.38. The lowest BCUT2D eigenvalue weighted by molar-refractivity contribution is -0.144. The molecule has 1 aliphatic rings. The van der Waals surface area contributed by atoms with Crippen LogP contribution in [0.25, 0.3) is 0 Å². The van der Waals surface area contributed by atoms with Gasteiger partial charge in [0.25, 0.3) is 0 Å². The van der Waals surface area contributed by atoms with Crippen molar-refractivity contribution in [3.8, 4) is 0 Å². The standard InChI is InChI=1S/C48H83N3O6S/c1-5-7-9-11-13-14-15-16-17-18-19-20-21-23-28-33-44(53)51-37-35-41-42(40-51)58-47(46(41)48(55)57-39-31-36-50(3)4)49-43(52)32-27-24-25-29-34-45(54)56-38-30-26-22-12-10-8-6-2/h16-17H,5-15,18-40H2,1-4H3,(H,49,52)/b17-16-. The Bertz CT molecular complexity index is 1290. The van der Waals surface area contributed by atoms with Gasteiger partial charge in [-0.15, -0.1) is 11.3 Å². The number of amides is 2. The van der Waals surface area contributed by atoms with E-state index in [0.717, 1.165) is 81.2 Å². The monoisotopic (exact) mass is 830 g/mol. The number of ether oxygens (including phenoxy) is 2. The van der Waals surface area contributed by atoms with E-state index in [4.69, 9.17) is 9.47 Å². The smallest absolute Gasteiger partial charge is 0.341 e. The van der Waals surface area contributed by atoms with E-state index in [1.165, 1.54) is 101 Å². The minimum absolute atomic E-state index is 0.130. The Balaban J connectivity index is 1.74. The molecule has 0 aliphatic carbocycles. The quantitative estimate of drug-likeness (QED) is 0.0408. The third-order valence-corrected chi connectivity index (χ3v) is 12.2. The van der Waals surface area contributed by atoms with Gasteiger partial charge in [-0.25, -0.2) is 4.79 Å². The van der Waals surface area contributed by atoms with Gasteiger partial charge in [0.1, 0.15) is 5.00 Å². The van der Waals surface area contributed by atoms with E-state index in [1.807, 2.05) is 19.0 Å². The zero-order chi connectivity index (χ0) is 42.1. The molecule has 0 atom stereocenters. The van der Waals surface area contributed by atoms with Crippen molar-refractivity contribution < 1.29 is 28.7 Å². The SMILES string of the molecule is CCCCCCCC/C=C\CCCCCCCC(=O)N1CCc2c(sc(NC(=O)CCCCCCC(=O)OCCCCCCCCC)c2C(=O)OCCCN(C)C)C1. The minimum Gasteiger partial charge on any atom is -0.466 e. The largest absolute Gasteiger partial charge is 0.466 e. The van der Waals surface area contributed by atoms with Crippen molar-refractivity contribution in [2.24, 2.45) is 0 Å². The number of nitrogens with one attached hydrogen (secondary N) is 1. The number of hydrogen-bond acceptors (Lipinski definition) is 8. The molecule has 0 bridgehead atoms. The molecule has 0 unspecified atom stereocenters. The van der Waals surface area contributed by atoms with E-state index in [-0.39, 0.29) is 17.8 Å². The number of fused-ring (bicyclic) bond motifs is 1. The van der Waals surface area contributed by atoms with Crippen LogP contribution in [0.4, 0.5) is 5.00 Å². The molecule has 332 valence electrons. The zero-order valence-electron chi connectivity index (χ0n) is 37.4. The Morgan fingerprint density at radius 3 is 1.81 bits per heavy atom. The normalized spacial score (nSPS) is 12.7. The van der Waals surface area contributed by atoms with Crippen LogP contribution in [0.2, 0.25) is 0 Å². The maximum Gasteiger partial charge on any atom is 0.341 e. The third-order valence-electron chi connectivity index (χ3n) is 11.0. The van der Waals surface area contributed by atoms with Gasteiger partial charge in [-0.05, 0) is 83.9 Å². The molecule has 1 aromatic rings. The molecule has 0 spiro atoms. The fourth-order valence-corrected chi connectivity index (χ4v) is 8.73. The fraction of sp³-hybridized carbons (Fsp3) is 0.792. The zero-order valence-corrected chi connectivity index (χ0v) is 38.3. The highest BCUT2D eigenvalue weighted by molar-refractivity contribution is 7.17. The van der Waals surface area contributed by atoms with Crippen LogP contribution in [-0.2, 0) is 36.8 Å². The van der Waals surface area contributed by atoms with Crippen LogP contribution >= 0.6 is 11.3 Å². The summed E-state index contributed by atoms with van der Waals surface area (Å²) in [6.45, 7) is 7.14. The molecule has 1 N–H and O–H groups in total. The highest BCUT2D eigenvalue weighted by Gasteiger charge is 2.31. The van der Waals surface area contributed by atoms with E-state index in [9.17, 15) is 19.2 Å². The maximum atomic E-state index is 13.4. The molecule has 0 saturated heterocycles. The summed E-state index contributed by atoms with van der Waals surface area (Å²) in [6, 6.07) is 0. The fourth-order valence-electron chi connectivity index (χ4n) is 7.46. The van der Waals surface area contributed by atoms with Gasteiger partial charge in [0, 0.05) is 37.2 Å². The molecule has 1 aliphatic heterocycles. The lowest BCUT2D eigenvalue weighted by atomic mass is 10.0. The van der Waals surface area contributed by atoms with E-state index in [2.05, 4.69) is 36.2 Å². The van der Waals surface area contributed by atoms with Gasteiger partial charge in [0.15, 0.2) is 0 Å². The molecule has 0 radical (unpaired) electrons. The molecule has 58 heavy (non-hydrogen) atoms. The van der Waals surface area contributed by atoms with Crippen LogP contribution in [-0.4, -0.2) is 74.0 Å². The summed E-state index contributed by atoms with van der Waals surface area (Å²) in [7, 11) is 3.98. The number of nitrogens with zero attached hydrogens (tertiary/aromatic N) is 2. The van der Waals surface area contributed by atoms with Crippen LogP contribution in [0.3, 0.4) is 0 Å². The Morgan fingerprint density at radius 2 is 1.19 bits per heavy atom. The molecule has 0 saturated carbocycles. The average molecular weight is 830 g/mol. The van der Waals surface area contributed by atoms with Crippen LogP contribution in [0.5, 0.6) is 0 Å². The summed E-state index contributed by atoms with van der Waals surface area (Å²) < 4.78 is 11.1. The van der Waals surface area contributed by atoms with Gasteiger partial charge in [0.05, 0.1) is 25.3 Å². The number of esters is 2. The second kappa shape index (κ2) is 34.0. The van der Waals surface area contributed by atoms with E-state index in [1.54, 1.807) is 0 Å². The van der Waals surface area contributed by atoms with Gasteiger partial charge in [-0.1, -0.05) is 129 Å². The number of rotatable bonds is 36. The van der Waals surface area contributed by atoms with Gasteiger partial charge >= 0.3 is 11.9 Å². The third kappa shape index (κ3) is 24.4. The van der Waals surface area contributed by atoms with E-state index >= 15 is 0 Å². The number of thiophene rings is 1. The van der Waals surface area contributed by atoms with Crippen molar-refractivity contribution in [1.82, 2.24) is 9.80 Å². The summed E-state index contributed by atoms with van der Waals surface area (Å²) >= 11 is 1.41. The maximum absolute atomic E-state index is 13.4. The van der Waals surface area contributed by atoms with Gasteiger partial charge in [-0.3, -0.25) is 14.4 Å². The Kier molecular flexibility index (Phi) is 30.2.